The summed E-state index contributed by atoms with van der Waals surface area (Å²) >= 11 is 1.70. The molecule has 0 fully saturated rings. The second kappa shape index (κ2) is 5.22. The lowest BCUT2D eigenvalue weighted by Crippen LogP contribution is -2.29. The molecule has 0 bridgehead atoms. The summed E-state index contributed by atoms with van der Waals surface area (Å²) in [6.45, 7) is 0.674. The zero-order chi connectivity index (χ0) is 13.1. The van der Waals surface area contributed by atoms with Gasteiger partial charge in [-0.25, -0.2) is 0 Å². The van der Waals surface area contributed by atoms with Crippen molar-refractivity contribution in [3.63, 3.8) is 0 Å². The number of hydrogen-bond donors (Lipinski definition) is 1. The third kappa shape index (κ3) is 2.53. The number of carbonyl (C=O) groups excluding carboxylic acids is 1. The minimum Gasteiger partial charge on any atom is -0.383 e. The molecule has 2 N–H and O–H groups in total. The van der Waals surface area contributed by atoms with Crippen molar-refractivity contribution in [3.05, 3.63) is 34.2 Å². The largest absolute Gasteiger partial charge is 0.383 e. The van der Waals surface area contributed by atoms with Crippen LogP contribution in [0.5, 0.6) is 0 Å². The average molecular weight is 264 g/mol. The van der Waals surface area contributed by atoms with Crippen LogP contribution < -0.4 is 5.73 Å². The van der Waals surface area contributed by atoms with Gasteiger partial charge in [-0.15, -0.1) is 11.3 Å². The van der Waals surface area contributed by atoms with E-state index in [0.717, 1.165) is 6.42 Å². The van der Waals surface area contributed by atoms with E-state index < -0.39 is 0 Å². The Bertz CT molecular complexity index is 532. The number of likely N-dealkylation sites (N-methyl/N-ethyl adjacent to an activating group) is 1. The van der Waals surface area contributed by atoms with Gasteiger partial charge in [0, 0.05) is 25.5 Å². The van der Waals surface area contributed by atoms with Gasteiger partial charge in [0.25, 0.3) is 5.91 Å². The fourth-order valence-corrected chi connectivity index (χ4v) is 2.35. The highest BCUT2D eigenvalue weighted by molar-refractivity contribution is 7.09. The number of nitrogens with two attached hydrogens (primary N) is 1. The summed E-state index contributed by atoms with van der Waals surface area (Å²) < 4.78 is 1.50. The highest BCUT2D eigenvalue weighted by atomic mass is 32.1. The molecule has 2 aromatic rings. The Labute approximate surface area is 110 Å². The second-order valence-electron chi connectivity index (χ2n) is 4.12. The minimum atomic E-state index is -0.0860. The number of carbonyl (C=O) groups is 1. The number of nitrogen functional groups attached to an aromatic ring is 1. The molecule has 0 atom stereocenters. The maximum absolute atomic E-state index is 12.1. The third-order valence-corrected chi connectivity index (χ3v) is 3.77. The van der Waals surface area contributed by atoms with E-state index >= 15 is 0 Å². The summed E-state index contributed by atoms with van der Waals surface area (Å²) in [4.78, 5) is 15.1. The van der Waals surface area contributed by atoms with E-state index in [4.69, 9.17) is 5.73 Å². The average Bonchev–Trinajstić information content (AvgIpc) is 2.97. The molecule has 96 valence electrons. The lowest BCUT2D eigenvalue weighted by molar-refractivity contribution is 0.0798. The van der Waals surface area contributed by atoms with Crippen LogP contribution in [0.15, 0.2) is 23.7 Å². The molecule has 6 heteroatoms. The summed E-state index contributed by atoms with van der Waals surface area (Å²) in [6, 6.07) is 4.09. The minimum absolute atomic E-state index is 0.0860. The maximum atomic E-state index is 12.1. The van der Waals surface area contributed by atoms with Gasteiger partial charge in [-0.3, -0.25) is 9.48 Å². The Hall–Kier alpha value is -1.82. The van der Waals surface area contributed by atoms with Crippen molar-refractivity contribution in [2.75, 3.05) is 19.3 Å². The van der Waals surface area contributed by atoms with Crippen LogP contribution in [-0.4, -0.2) is 34.2 Å². The van der Waals surface area contributed by atoms with E-state index in [1.807, 2.05) is 11.4 Å². The summed E-state index contributed by atoms with van der Waals surface area (Å²) in [5.74, 6) is 0.320. The quantitative estimate of drug-likeness (QED) is 0.907. The van der Waals surface area contributed by atoms with E-state index in [2.05, 4.69) is 11.2 Å². The van der Waals surface area contributed by atoms with Crippen molar-refractivity contribution < 1.29 is 4.79 Å². The van der Waals surface area contributed by atoms with Gasteiger partial charge in [0.05, 0.1) is 6.20 Å². The van der Waals surface area contributed by atoms with E-state index in [1.165, 1.54) is 15.8 Å². The second-order valence-corrected chi connectivity index (χ2v) is 5.16. The van der Waals surface area contributed by atoms with Crippen LogP contribution in [0.2, 0.25) is 0 Å². The molecular formula is C12H16N4OS. The monoisotopic (exact) mass is 264 g/mol. The molecule has 5 nitrogen and oxygen atoms in total. The van der Waals surface area contributed by atoms with Crippen LogP contribution in [0.1, 0.15) is 15.2 Å². The SMILES string of the molecule is CN(CCc1cccs1)C(=O)c1cnn(C)c1N. The first-order valence-electron chi connectivity index (χ1n) is 5.65. The fraction of sp³-hybridized carbons (Fsp3) is 0.333. The lowest BCUT2D eigenvalue weighted by atomic mass is 10.2. The lowest BCUT2D eigenvalue weighted by Gasteiger charge is -2.16. The van der Waals surface area contributed by atoms with Gasteiger partial charge in [-0.2, -0.15) is 5.10 Å². The highest BCUT2D eigenvalue weighted by Crippen LogP contribution is 2.13. The van der Waals surface area contributed by atoms with E-state index in [1.54, 1.807) is 30.3 Å². The molecule has 2 heterocycles. The molecule has 0 unspecified atom stereocenters. The number of aromatic nitrogens is 2. The molecule has 1 amide bonds. The summed E-state index contributed by atoms with van der Waals surface area (Å²) in [7, 11) is 3.50. The van der Waals surface area contributed by atoms with Gasteiger partial charge in [-0.1, -0.05) is 6.07 Å². The van der Waals surface area contributed by atoms with Gasteiger partial charge in [-0.05, 0) is 17.9 Å². The van der Waals surface area contributed by atoms with Crippen molar-refractivity contribution in [1.82, 2.24) is 14.7 Å². The summed E-state index contributed by atoms with van der Waals surface area (Å²) in [6.07, 6.45) is 2.37. The molecule has 0 saturated heterocycles. The Morgan fingerprint density at radius 1 is 1.61 bits per heavy atom. The number of rotatable bonds is 4. The number of nitrogens with zero attached hydrogens (tertiary/aromatic N) is 3. The van der Waals surface area contributed by atoms with Crippen molar-refractivity contribution >= 4 is 23.1 Å². The van der Waals surface area contributed by atoms with E-state index in [0.29, 0.717) is 17.9 Å². The van der Waals surface area contributed by atoms with Gasteiger partial charge >= 0.3 is 0 Å². The molecule has 2 rings (SSSR count). The standard InChI is InChI=1S/C12H16N4OS/c1-15(6-5-9-4-3-7-18-9)12(17)10-8-14-16(2)11(10)13/h3-4,7-8H,5-6,13H2,1-2H3. The van der Waals surface area contributed by atoms with Crippen LogP contribution in [-0.2, 0) is 13.5 Å². The normalized spacial score (nSPS) is 10.6. The third-order valence-electron chi connectivity index (χ3n) is 2.84. The highest BCUT2D eigenvalue weighted by Gasteiger charge is 2.17. The molecule has 0 radical (unpaired) electrons. The number of amides is 1. The summed E-state index contributed by atoms with van der Waals surface area (Å²) in [5, 5.41) is 6.01. The molecule has 18 heavy (non-hydrogen) atoms. The topological polar surface area (TPSA) is 64.2 Å². The molecule has 0 saturated carbocycles. The fourth-order valence-electron chi connectivity index (χ4n) is 1.65. The maximum Gasteiger partial charge on any atom is 0.258 e. The van der Waals surface area contributed by atoms with Crippen molar-refractivity contribution in [1.29, 1.82) is 0 Å². The predicted octanol–water partition coefficient (Wildman–Crippen LogP) is 1.38. The van der Waals surface area contributed by atoms with Gasteiger partial charge in [0.1, 0.15) is 11.4 Å². The molecule has 0 aliphatic rings. The number of hydrogen-bond acceptors (Lipinski definition) is 4. The van der Waals surface area contributed by atoms with Crippen molar-refractivity contribution in [2.24, 2.45) is 7.05 Å². The van der Waals surface area contributed by atoms with Gasteiger partial charge < -0.3 is 10.6 Å². The Morgan fingerprint density at radius 2 is 2.39 bits per heavy atom. The predicted molar refractivity (Wildman–Crippen MR) is 72.6 cm³/mol. The van der Waals surface area contributed by atoms with Crippen LogP contribution in [0, 0.1) is 0 Å². The number of aryl methyl sites for hydroxylation is 1. The molecule has 0 aliphatic heterocycles. The van der Waals surface area contributed by atoms with E-state index in [-0.39, 0.29) is 5.91 Å². The van der Waals surface area contributed by atoms with Crippen LogP contribution in [0.4, 0.5) is 5.82 Å². The zero-order valence-corrected chi connectivity index (χ0v) is 11.3. The van der Waals surface area contributed by atoms with Crippen LogP contribution in [0.3, 0.4) is 0 Å². The molecule has 0 aromatic carbocycles. The molecule has 0 spiro atoms. The Kier molecular flexibility index (Phi) is 3.66. The smallest absolute Gasteiger partial charge is 0.258 e. The van der Waals surface area contributed by atoms with Crippen LogP contribution in [0.25, 0.3) is 0 Å². The first kappa shape index (κ1) is 12.6. The van der Waals surface area contributed by atoms with Crippen molar-refractivity contribution in [2.45, 2.75) is 6.42 Å². The van der Waals surface area contributed by atoms with Gasteiger partial charge in [0.2, 0.25) is 0 Å². The van der Waals surface area contributed by atoms with Crippen LogP contribution >= 0.6 is 11.3 Å². The Balaban J connectivity index is 1.98. The van der Waals surface area contributed by atoms with E-state index in [9.17, 15) is 4.79 Å². The number of anilines is 1. The van der Waals surface area contributed by atoms with Gasteiger partial charge in [0.15, 0.2) is 0 Å². The first-order chi connectivity index (χ1) is 8.59. The molecule has 2 aromatic heterocycles. The number of thiophene rings is 1. The summed E-state index contributed by atoms with van der Waals surface area (Å²) in [5.41, 5.74) is 6.25. The Morgan fingerprint density at radius 3 is 2.94 bits per heavy atom. The van der Waals surface area contributed by atoms with Crippen molar-refractivity contribution in [3.8, 4) is 0 Å². The molecule has 0 aliphatic carbocycles. The zero-order valence-electron chi connectivity index (χ0n) is 10.5. The molecular weight excluding hydrogens is 248 g/mol. The first-order valence-corrected chi connectivity index (χ1v) is 6.53.